The molecule has 2 aromatic carbocycles. The highest BCUT2D eigenvalue weighted by Crippen LogP contribution is 2.29. The average molecular weight is 377 g/mol. The fraction of sp³-hybridized carbons (Fsp3) is 0.0667. The van der Waals surface area contributed by atoms with Crippen LogP contribution < -0.4 is 5.32 Å². The maximum atomic E-state index is 12.2. The zero-order valence-corrected chi connectivity index (χ0v) is 14.0. The molecule has 1 N–H and O–H groups in total. The number of Topliss-reactive ketones (excluding diaryl/α,β-unsaturated/α-hetero) is 1. The topological polar surface area (TPSA) is 46.2 Å². The lowest BCUT2D eigenvalue weighted by molar-refractivity contribution is 0.101. The van der Waals surface area contributed by atoms with Crippen molar-refractivity contribution in [2.24, 2.45) is 0 Å². The van der Waals surface area contributed by atoms with Crippen LogP contribution in [0.25, 0.3) is 0 Å². The van der Waals surface area contributed by atoms with E-state index in [1.54, 1.807) is 12.1 Å². The molecule has 2 aromatic rings. The number of rotatable bonds is 5. The van der Waals surface area contributed by atoms with Gasteiger partial charge in [0.05, 0.1) is 22.3 Å². The largest absolute Gasteiger partial charge is 0.376 e. The molecule has 0 heterocycles. The van der Waals surface area contributed by atoms with Crippen molar-refractivity contribution in [2.45, 2.75) is 0 Å². The van der Waals surface area contributed by atoms with Gasteiger partial charge in [0.25, 0.3) is 0 Å². The molecule has 0 bridgehead atoms. The van der Waals surface area contributed by atoms with Crippen LogP contribution in [0.2, 0.25) is 20.1 Å². The zero-order chi connectivity index (χ0) is 16.3. The number of anilines is 1. The number of benzene rings is 2. The number of ketones is 1. The van der Waals surface area contributed by atoms with Crippen molar-refractivity contribution in [1.29, 1.82) is 0 Å². The van der Waals surface area contributed by atoms with E-state index in [1.807, 2.05) is 0 Å². The molecule has 2 rings (SSSR count). The van der Waals surface area contributed by atoms with E-state index in [0.717, 1.165) is 0 Å². The molecule has 7 heteroatoms. The molecule has 0 aliphatic rings. The Balaban J connectivity index is 2.20. The van der Waals surface area contributed by atoms with Gasteiger partial charge in [-0.2, -0.15) is 0 Å². The minimum absolute atomic E-state index is 0.0710. The standard InChI is InChI=1S/C15H9Cl4NO2/c16-9-1-2-12(18)11(4-9)14(22)6-20-13-5-10(17)3-8(7-21)15(13)19/h1-5,7,20H,6H2. The van der Waals surface area contributed by atoms with Gasteiger partial charge in [-0.15, -0.1) is 0 Å². The van der Waals surface area contributed by atoms with Gasteiger partial charge in [-0.05, 0) is 30.3 Å². The lowest BCUT2D eigenvalue weighted by Gasteiger charge is -2.11. The molecule has 0 radical (unpaired) electrons. The van der Waals surface area contributed by atoms with Gasteiger partial charge in [0.1, 0.15) is 0 Å². The summed E-state index contributed by atoms with van der Waals surface area (Å²) >= 11 is 23.8. The summed E-state index contributed by atoms with van der Waals surface area (Å²) in [6, 6.07) is 7.61. The monoisotopic (exact) mass is 375 g/mol. The Morgan fingerprint density at radius 2 is 1.77 bits per heavy atom. The predicted molar refractivity (Wildman–Crippen MR) is 91.1 cm³/mol. The molecule has 0 fully saturated rings. The molecule has 3 nitrogen and oxygen atoms in total. The van der Waals surface area contributed by atoms with E-state index in [1.165, 1.54) is 18.2 Å². The van der Waals surface area contributed by atoms with Gasteiger partial charge in [-0.25, -0.2) is 0 Å². The zero-order valence-electron chi connectivity index (χ0n) is 11.0. The first-order valence-electron chi connectivity index (χ1n) is 6.08. The van der Waals surface area contributed by atoms with E-state index in [2.05, 4.69) is 5.32 Å². The quantitative estimate of drug-likeness (QED) is 0.560. The molecule has 114 valence electrons. The summed E-state index contributed by atoms with van der Waals surface area (Å²) in [6.07, 6.45) is 0.592. The van der Waals surface area contributed by atoms with Crippen molar-refractivity contribution in [3.63, 3.8) is 0 Å². The predicted octanol–water partition coefficient (Wildman–Crippen LogP) is 5.41. The van der Waals surface area contributed by atoms with Crippen molar-refractivity contribution in [2.75, 3.05) is 11.9 Å². The van der Waals surface area contributed by atoms with Crippen LogP contribution in [0.15, 0.2) is 30.3 Å². The minimum Gasteiger partial charge on any atom is -0.376 e. The van der Waals surface area contributed by atoms with E-state index >= 15 is 0 Å². The first-order valence-corrected chi connectivity index (χ1v) is 7.60. The fourth-order valence-corrected chi connectivity index (χ4v) is 2.65. The Hall–Kier alpha value is -1.26. The molecule has 0 aromatic heterocycles. The van der Waals surface area contributed by atoms with E-state index in [4.69, 9.17) is 46.4 Å². The van der Waals surface area contributed by atoms with Crippen LogP contribution in [0.1, 0.15) is 20.7 Å². The van der Waals surface area contributed by atoms with Crippen molar-refractivity contribution in [3.8, 4) is 0 Å². The third-order valence-electron chi connectivity index (χ3n) is 2.86. The molecular formula is C15H9Cl4NO2. The van der Waals surface area contributed by atoms with Gasteiger partial charge in [-0.3, -0.25) is 9.59 Å². The first-order chi connectivity index (χ1) is 10.4. The highest BCUT2D eigenvalue weighted by Gasteiger charge is 2.13. The van der Waals surface area contributed by atoms with Crippen LogP contribution in [-0.4, -0.2) is 18.6 Å². The van der Waals surface area contributed by atoms with Crippen LogP contribution in [0.4, 0.5) is 5.69 Å². The Morgan fingerprint density at radius 3 is 2.45 bits per heavy atom. The van der Waals surface area contributed by atoms with Gasteiger partial charge >= 0.3 is 0 Å². The third kappa shape index (κ3) is 3.93. The van der Waals surface area contributed by atoms with Gasteiger partial charge < -0.3 is 5.32 Å². The Kier molecular flexibility index (Phi) is 5.70. The molecule has 0 amide bonds. The maximum absolute atomic E-state index is 12.2. The van der Waals surface area contributed by atoms with Gasteiger partial charge in [0, 0.05) is 21.2 Å². The first kappa shape index (κ1) is 17.1. The number of hydrogen-bond acceptors (Lipinski definition) is 3. The number of carbonyl (C=O) groups excluding carboxylic acids is 2. The second-order valence-corrected chi connectivity index (χ2v) is 6.03. The molecule has 0 saturated carbocycles. The number of halogens is 4. The molecule has 0 aliphatic heterocycles. The number of nitrogens with one attached hydrogen (secondary N) is 1. The summed E-state index contributed by atoms with van der Waals surface area (Å²) in [4.78, 5) is 23.1. The molecule has 0 spiro atoms. The second kappa shape index (κ2) is 7.34. The van der Waals surface area contributed by atoms with Crippen LogP contribution in [-0.2, 0) is 0 Å². The van der Waals surface area contributed by atoms with E-state index in [9.17, 15) is 9.59 Å². The lowest BCUT2D eigenvalue weighted by atomic mass is 10.1. The Labute approximate surface area is 147 Å². The third-order valence-corrected chi connectivity index (χ3v) is 4.07. The van der Waals surface area contributed by atoms with Crippen molar-refractivity contribution in [3.05, 3.63) is 61.5 Å². The molecule has 0 atom stereocenters. The van der Waals surface area contributed by atoms with E-state index < -0.39 is 0 Å². The van der Waals surface area contributed by atoms with Gasteiger partial charge in [0.2, 0.25) is 0 Å². The number of aldehydes is 1. The summed E-state index contributed by atoms with van der Waals surface area (Å²) < 4.78 is 0. The normalized spacial score (nSPS) is 10.4. The van der Waals surface area contributed by atoms with Crippen molar-refractivity contribution >= 4 is 64.2 Å². The highest BCUT2D eigenvalue weighted by atomic mass is 35.5. The van der Waals surface area contributed by atoms with Gasteiger partial charge in [-0.1, -0.05) is 46.4 Å². The van der Waals surface area contributed by atoms with E-state index in [0.29, 0.717) is 32.6 Å². The highest BCUT2D eigenvalue weighted by molar-refractivity contribution is 6.38. The summed E-state index contributed by atoms with van der Waals surface area (Å²) in [7, 11) is 0. The summed E-state index contributed by atoms with van der Waals surface area (Å²) in [5.41, 5.74) is 0.933. The van der Waals surface area contributed by atoms with Crippen LogP contribution >= 0.6 is 46.4 Å². The van der Waals surface area contributed by atoms with Crippen molar-refractivity contribution < 1.29 is 9.59 Å². The summed E-state index contributed by atoms with van der Waals surface area (Å²) in [5, 5.41) is 4.10. The molecule has 0 saturated heterocycles. The molecule has 0 aliphatic carbocycles. The van der Waals surface area contributed by atoms with Crippen molar-refractivity contribution in [1.82, 2.24) is 0 Å². The summed E-state index contributed by atoms with van der Waals surface area (Å²) in [5.74, 6) is -0.267. The van der Waals surface area contributed by atoms with E-state index in [-0.39, 0.29) is 22.9 Å². The van der Waals surface area contributed by atoms with Gasteiger partial charge in [0.15, 0.2) is 12.1 Å². The summed E-state index contributed by atoms with van der Waals surface area (Å²) in [6.45, 7) is -0.0710. The van der Waals surface area contributed by atoms with Crippen LogP contribution in [0, 0.1) is 0 Å². The van der Waals surface area contributed by atoms with Crippen LogP contribution in [0.5, 0.6) is 0 Å². The minimum atomic E-state index is -0.267. The number of carbonyl (C=O) groups is 2. The maximum Gasteiger partial charge on any atom is 0.183 e. The number of hydrogen-bond donors (Lipinski definition) is 1. The lowest BCUT2D eigenvalue weighted by Crippen LogP contribution is -2.15. The second-order valence-electron chi connectivity index (χ2n) is 4.38. The average Bonchev–Trinajstić information content (AvgIpc) is 2.49. The SMILES string of the molecule is O=Cc1cc(Cl)cc(NCC(=O)c2cc(Cl)ccc2Cl)c1Cl. The Bertz CT molecular complexity index is 747. The fourth-order valence-electron chi connectivity index (χ4n) is 1.81. The molecule has 0 unspecified atom stereocenters. The molecular weight excluding hydrogens is 368 g/mol. The molecule has 22 heavy (non-hydrogen) atoms. The Morgan fingerprint density at radius 1 is 1.05 bits per heavy atom. The van der Waals surface area contributed by atoms with Crippen LogP contribution in [0.3, 0.4) is 0 Å². The smallest absolute Gasteiger partial charge is 0.183 e.